The third-order valence-electron chi connectivity index (χ3n) is 2.88. The second-order valence-electron chi connectivity index (χ2n) is 3.85. The van der Waals surface area contributed by atoms with Crippen LogP contribution in [0.15, 0.2) is 9.59 Å². The van der Waals surface area contributed by atoms with Gasteiger partial charge in [0.2, 0.25) is 0 Å². The van der Waals surface area contributed by atoms with Crippen LogP contribution in [0, 0.1) is 6.92 Å². The minimum absolute atomic E-state index is 0.130. The van der Waals surface area contributed by atoms with Gasteiger partial charge >= 0.3 is 11.7 Å². The highest BCUT2D eigenvalue weighted by atomic mass is 16.5. The predicted molar refractivity (Wildman–Crippen MR) is 62.0 cm³/mol. The van der Waals surface area contributed by atoms with Crippen LogP contribution in [-0.4, -0.2) is 22.2 Å². The van der Waals surface area contributed by atoms with Gasteiger partial charge in [-0.25, -0.2) is 4.79 Å². The highest BCUT2D eigenvalue weighted by Gasteiger charge is 2.13. The summed E-state index contributed by atoms with van der Waals surface area (Å²) in [6.45, 7) is 1.69. The quantitative estimate of drug-likeness (QED) is 0.668. The van der Waals surface area contributed by atoms with Crippen LogP contribution in [0.5, 0.6) is 0 Å². The molecular formula is C11H16N2O4. The van der Waals surface area contributed by atoms with Crippen LogP contribution in [0.1, 0.15) is 17.7 Å². The van der Waals surface area contributed by atoms with E-state index >= 15 is 0 Å². The monoisotopic (exact) mass is 240 g/mol. The number of aromatic nitrogens is 2. The molecule has 1 aromatic rings. The van der Waals surface area contributed by atoms with Gasteiger partial charge in [0.05, 0.1) is 7.11 Å². The first-order chi connectivity index (χ1) is 7.90. The topological polar surface area (TPSA) is 70.3 Å². The predicted octanol–water partition coefficient (Wildman–Crippen LogP) is -0.502. The lowest BCUT2D eigenvalue weighted by Gasteiger charge is -2.11. The van der Waals surface area contributed by atoms with E-state index in [-0.39, 0.29) is 30.1 Å². The lowest BCUT2D eigenvalue weighted by atomic mass is 10.1. The summed E-state index contributed by atoms with van der Waals surface area (Å²) in [6, 6.07) is 0. The van der Waals surface area contributed by atoms with Crippen molar-refractivity contribution in [3.05, 3.63) is 32.1 Å². The van der Waals surface area contributed by atoms with Crippen molar-refractivity contribution in [2.75, 3.05) is 7.11 Å². The zero-order valence-electron chi connectivity index (χ0n) is 10.4. The molecule has 0 atom stereocenters. The van der Waals surface area contributed by atoms with E-state index in [0.717, 1.165) is 4.57 Å². The van der Waals surface area contributed by atoms with Gasteiger partial charge in [0.25, 0.3) is 5.56 Å². The third kappa shape index (κ3) is 2.46. The number of carbonyl (C=O) groups excluding carboxylic acids is 1. The van der Waals surface area contributed by atoms with Crippen molar-refractivity contribution < 1.29 is 9.53 Å². The molecule has 0 saturated carbocycles. The minimum atomic E-state index is -0.375. The summed E-state index contributed by atoms with van der Waals surface area (Å²) in [5.74, 6) is -0.375. The summed E-state index contributed by atoms with van der Waals surface area (Å²) >= 11 is 0. The van der Waals surface area contributed by atoms with Crippen molar-refractivity contribution in [1.29, 1.82) is 0 Å². The fourth-order valence-corrected chi connectivity index (χ4v) is 1.63. The van der Waals surface area contributed by atoms with Gasteiger partial charge in [-0.05, 0) is 13.3 Å². The molecular weight excluding hydrogens is 224 g/mol. The number of hydrogen-bond donors (Lipinski definition) is 0. The molecule has 0 unspecified atom stereocenters. The van der Waals surface area contributed by atoms with Gasteiger partial charge in [-0.1, -0.05) is 0 Å². The highest BCUT2D eigenvalue weighted by molar-refractivity contribution is 5.69. The first kappa shape index (κ1) is 13.2. The Labute approximate surface area is 98.4 Å². The smallest absolute Gasteiger partial charge is 0.330 e. The molecule has 0 aliphatic carbocycles. The Kier molecular flexibility index (Phi) is 3.88. The normalized spacial score (nSPS) is 10.4. The van der Waals surface area contributed by atoms with Crippen LogP contribution in [0.2, 0.25) is 0 Å². The largest absolute Gasteiger partial charge is 0.469 e. The second-order valence-corrected chi connectivity index (χ2v) is 3.85. The van der Waals surface area contributed by atoms with E-state index in [4.69, 9.17) is 0 Å². The number of carbonyl (C=O) groups is 1. The van der Waals surface area contributed by atoms with Crippen molar-refractivity contribution in [3.8, 4) is 0 Å². The van der Waals surface area contributed by atoms with Crippen LogP contribution in [-0.2, 0) is 30.0 Å². The zero-order chi connectivity index (χ0) is 13.2. The Hall–Kier alpha value is -1.85. The van der Waals surface area contributed by atoms with Crippen molar-refractivity contribution in [2.45, 2.75) is 19.8 Å². The molecule has 0 aliphatic rings. The van der Waals surface area contributed by atoms with Crippen LogP contribution in [0.25, 0.3) is 0 Å². The van der Waals surface area contributed by atoms with Crippen molar-refractivity contribution >= 4 is 5.97 Å². The maximum atomic E-state index is 11.9. The Morgan fingerprint density at radius 2 is 1.82 bits per heavy atom. The molecule has 1 aromatic heterocycles. The number of hydrogen-bond acceptors (Lipinski definition) is 4. The maximum absolute atomic E-state index is 11.9. The molecule has 0 bridgehead atoms. The van der Waals surface area contributed by atoms with Gasteiger partial charge in [0, 0.05) is 31.8 Å². The van der Waals surface area contributed by atoms with E-state index in [2.05, 4.69) is 4.74 Å². The van der Waals surface area contributed by atoms with Crippen LogP contribution in [0.4, 0.5) is 0 Å². The van der Waals surface area contributed by atoms with E-state index in [1.807, 2.05) is 0 Å². The van der Waals surface area contributed by atoms with Crippen LogP contribution >= 0.6 is 0 Å². The average Bonchev–Trinajstić information content (AvgIpc) is 2.33. The fraction of sp³-hybridized carbons (Fsp3) is 0.545. The fourth-order valence-electron chi connectivity index (χ4n) is 1.63. The van der Waals surface area contributed by atoms with Crippen molar-refractivity contribution in [2.24, 2.45) is 14.1 Å². The van der Waals surface area contributed by atoms with Crippen LogP contribution < -0.4 is 11.2 Å². The number of methoxy groups -OCH3 is 1. The van der Waals surface area contributed by atoms with E-state index in [1.54, 1.807) is 14.0 Å². The molecule has 17 heavy (non-hydrogen) atoms. The average molecular weight is 240 g/mol. The summed E-state index contributed by atoms with van der Waals surface area (Å²) in [5.41, 5.74) is 0.339. The molecule has 6 nitrogen and oxygen atoms in total. The lowest BCUT2D eigenvalue weighted by molar-refractivity contribution is -0.140. The number of ether oxygens (including phenoxy) is 1. The molecule has 0 N–H and O–H groups in total. The zero-order valence-corrected chi connectivity index (χ0v) is 10.4. The summed E-state index contributed by atoms with van der Waals surface area (Å²) in [6.07, 6.45) is 0.407. The molecule has 1 rings (SSSR count). The highest BCUT2D eigenvalue weighted by Crippen LogP contribution is 2.03. The Balaban J connectivity index is 3.21. The van der Waals surface area contributed by atoms with Gasteiger partial charge in [0.15, 0.2) is 0 Å². The van der Waals surface area contributed by atoms with E-state index < -0.39 is 0 Å². The standard InChI is InChI=1S/C11H16N2O4/c1-7-8(5-6-9(14)17-4)10(15)13(3)11(16)12(7)2/h5-6H2,1-4H3. The molecule has 0 spiro atoms. The van der Waals surface area contributed by atoms with Gasteiger partial charge in [-0.3, -0.25) is 14.2 Å². The van der Waals surface area contributed by atoms with E-state index in [1.165, 1.54) is 18.7 Å². The van der Waals surface area contributed by atoms with E-state index in [9.17, 15) is 14.4 Å². The summed E-state index contributed by atoms with van der Waals surface area (Å²) in [7, 11) is 4.32. The minimum Gasteiger partial charge on any atom is -0.469 e. The summed E-state index contributed by atoms with van der Waals surface area (Å²) in [4.78, 5) is 34.5. The van der Waals surface area contributed by atoms with Crippen molar-refractivity contribution in [1.82, 2.24) is 9.13 Å². The summed E-state index contributed by atoms with van der Waals surface area (Å²) in [5, 5.41) is 0. The molecule has 0 fully saturated rings. The first-order valence-electron chi connectivity index (χ1n) is 5.22. The van der Waals surface area contributed by atoms with E-state index in [0.29, 0.717) is 11.3 Å². The third-order valence-corrected chi connectivity index (χ3v) is 2.88. The number of esters is 1. The van der Waals surface area contributed by atoms with Gasteiger partial charge in [0.1, 0.15) is 0 Å². The molecule has 0 aliphatic heterocycles. The Morgan fingerprint density at radius 1 is 1.24 bits per heavy atom. The Morgan fingerprint density at radius 3 is 2.35 bits per heavy atom. The van der Waals surface area contributed by atoms with Gasteiger partial charge < -0.3 is 9.30 Å². The first-order valence-corrected chi connectivity index (χ1v) is 5.22. The van der Waals surface area contributed by atoms with Crippen molar-refractivity contribution in [3.63, 3.8) is 0 Å². The number of nitrogens with zero attached hydrogens (tertiary/aromatic N) is 2. The van der Waals surface area contributed by atoms with Gasteiger partial charge in [-0.15, -0.1) is 0 Å². The molecule has 0 saturated heterocycles. The molecule has 94 valence electrons. The Bertz CT molecular complexity index is 554. The lowest BCUT2D eigenvalue weighted by Crippen LogP contribution is -2.40. The van der Waals surface area contributed by atoms with Crippen LogP contribution in [0.3, 0.4) is 0 Å². The SMILES string of the molecule is COC(=O)CCc1c(C)n(C)c(=O)n(C)c1=O. The van der Waals surface area contributed by atoms with Gasteiger partial charge in [-0.2, -0.15) is 0 Å². The molecule has 1 heterocycles. The molecule has 0 radical (unpaired) electrons. The number of rotatable bonds is 3. The molecule has 0 amide bonds. The summed E-state index contributed by atoms with van der Waals surface area (Å²) < 4.78 is 6.96. The molecule has 0 aromatic carbocycles. The second kappa shape index (κ2) is 4.99. The maximum Gasteiger partial charge on any atom is 0.330 e. The molecule has 6 heteroatoms.